The zero-order chi connectivity index (χ0) is 9.97. The van der Waals surface area contributed by atoms with Crippen LogP contribution in [0.25, 0.3) is 0 Å². The Morgan fingerprint density at radius 1 is 1.64 bits per heavy atom. The van der Waals surface area contributed by atoms with Gasteiger partial charge < -0.3 is 0 Å². The standard InChI is InChI=1S/C11H12OS2/c1-2-3-9(12)11-6-8-7-13-5-4-10(8)14-11/h2,6H,1,3-5,7H2. The van der Waals surface area contributed by atoms with E-state index in [0.717, 1.165) is 17.1 Å². The van der Waals surface area contributed by atoms with Crippen molar-refractivity contribution in [3.05, 3.63) is 34.0 Å². The lowest BCUT2D eigenvalue weighted by atomic mass is 10.2. The predicted molar refractivity (Wildman–Crippen MR) is 63.3 cm³/mol. The number of allylic oxidation sites excluding steroid dienone is 1. The molecule has 0 bridgehead atoms. The van der Waals surface area contributed by atoms with Gasteiger partial charge in [-0.25, -0.2) is 0 Å². The predicted octanol–water partition coefficient (Wildman–Crippen LogP) is 3.30. The van der Waals surface area contributed by atoms with Crippen molar-refractivity contribution in [3.8, 4) is 0 Å². The van der Waals surface area contributed by atoms with Crippen molar-refractivity contribution in [3.63, 3.8) is 0 Å². The van der Waals surface area contributed by atoms with Crippen molar-refractivity contribution < 1.29 is 4.79 Å². The lowest BCUT2D eigenvalue weighted by molar-refractivity contribution is 0.0999. The summed E-state index contributed by atoms with van der Waals surface area (Å²) in [5.41, 5.74) is 1.37. The second-order valence-electron chi connectivity index (χ2n) is 3.28. The van der Waals surface area contributed by atoms with E-state index in [-0.39, 0.29) is 5.78 Å². The van der Waals surface area contributed by atoms with E-state index >= 15 is 0 Å². The highest BCUT2D eigenvalue weighted by Gasteiger charge is 2.16. The van der Waals surface area contributed by atoms with Gasteiger partial charge in [0, 0.05) is 17.1 Å². The third-order valence-electron chi connectivity index (χ3n) is 2.23. The molecule has 14 heavy (non-hydrogen) atoms. The Morgan fingerprint density at radius 3 is 3.21 bits per heavy atom. The maximum atomic E-state index is 11.6. The van der Waals surface area contributed by atoms with Gasteiger partial charge in [-0.2, -0.15) is 11.8 Å². The molecule has 3 heteroatoms. The molecule has 0 spiro atoms. The number of hydrogen-bond acceptors (Lipinski definition) is 3. The van der Waals surface area contributed by atoms with Crippen LogP contribution in [0.3, 0.4) is 0 Å². The highest BCUT2D eigenvalue weighted by atomic mass is 32.2. The summed E-state index contributed by atoms with van der Waals surface area (Å²) < 4.78 is 0. The number of thioether (sulfide) groups is 1. The molecule has 0 fully saturated rings. The summed E-state index contributed by atoms with van der Waals surface area (Å²) in [6, 6.07) is 2.07. The SMILES string of the molecule is C=CCC(=O)c1cc2c(s1)CCSC2. The Balaban J connectivity index is 2.23. The number of rotatable bonds is 3. The van der Waals surface area contributed by atoms with Crippen molar-refractivity contribution >= 4 is 28.9 Å². The molecule has 1 aromatic rings. The van der Waals surface area contributed by atoms with Gasteiger partial charge >= 0.3 is 0 Å². The molecule has 0 saturated heterocycles. The van der Waals surface area contributed by atoms with E-state index in [1.165, 1.54) is 16.2 Å². The number of fused-ring (bicyclic) bond motifs is 1. The minimum absolute atomic E-state index is 0.212. The first kappa shape index (κ1) is 9.99. The lowest BCUT2D eigenvalue weighted by Crippen LogP contribution is -1.96. The maximum absolute atomic E-state index is 11.6. The Morgan fingerprint density at radius 2 is 2.50 bits per heavy atom. The van der Waals surface area contributed by atoms with Gasteiger partial charge in [0.2, 0.25) is 0 Å². The van der Waals surface area contributed by atoms with Crippen LogP contribution >= 0.6 is 23.1 Å². The number of Topliss-reactive ketones (excluding diaryl/α,β-unsaturated/α-hetero) is 1. The highest BCUT2D eigenvalue weighted by molar-refractivity contribution is 7.98. The van der Waals surface area contributed by atoms with Gasteiger partial charge in [-0.3, -0.25) is 4.79 Å². The molecule has 0 unspecified atom stereocenters. The topological polar surface area (TPSA) is 17.1 Å². The van der Waals surface area contributed by atoms with Crippen LogP contribution in [-0.4, -0.2) is 11.5 Å². The summed E-state index contributed by atoms with van der Waals surface area (Å²) >= 11 is 3.62. The number of ketones is 1. The fourth-order valence-electron chi connectivity index (χ4n) is 1.52. The van der Waals surface area contributed by atoms with Gasteiger partial charge in [0.05, 0.1) is 4.88 Å². The molecule has 0 amide bonds. The third kappa shape index (κ3) is 1.93. The van der Waals surface area contributed by atoms with E-state index in [1.54, 1.807) is 17.4 Å². The van der Waals surface area contributed by atoms with Crippen LogP contribution in [0.5, 0.6) is 0 Å². The summed E-state index contributed by atoms with van der Waals surface area (Å²) in [6.45, 7) is 3.59. The van der Waals surface area contributed by atoms with Crippen LogP contribution in [0.4, 0.5) is 0 Å². The molecular formula is C11H12OS2. The molecule has 0 atom stereocenters. The van der Waals surface area contributed by atoms with E-state index in [9.17, 15) is 4.79 Å². The Bertz CT molecular complexity index is 342. The van der Waals surface area contributed by atoms with Crippen molar-refractivity contribution in [2.45, 2.75) is 18.6 Å². The van der Waals surface area contributed by atoms with Crippen LogP contribution in [0.2, 0.25) is 0 Å². The first-order valence-electron chi connectivity index (χ1n) is 4.64. The van der Waals surface area contributed by atoms with Crippen LogP contribution in [0.15, 0.2) is 18.7 Å². The zero-order valence-electron chi connectivity index (χ0n) is 7.91. The molecule has 2 rings (SSSR count). The summed E-state index contributed by atoms with van der Waals surface area (Å²) in [6.07, 6.45) is 3.27. The van der Waals surface area contributed by atoms with E-state index in [2.05, 4.69) is 12.6 Å². The number of carbonyl (C=O) groups excluding carboxylic acids is 1. The lowest BCUT2D eigenvalue weighted by Gasteiger charge is -2.08. The van der Waals surface area contributed by atoms with Crippen LogP contribution in [0, 0.1) is 0 Å². The summed E-state index contributed by atoms with van der Waals surface area (Å²) in [5.74, 6) is 2.49. The third-order valence-corrected chi connectivity index (χ3v) is 4.52. The first-order chi connectivity index (χ1) is 6.81. The summed E-state index contributed by atoms with van der Waals surface area (Å²) in [5, 5.41) is 0. The fraction of sp³-hybridized carbons (Fsp3) is 0.364. The van der Waals surface area contributed by atoms with Gasteiger partial charge in [0.15, 0.2) is 5.78 Å². The van der Waals surface area contributed by atoms with Crippen molar-refractivity contribution in [2.75, 3.05) is 5.75 Å². The van der Waals surface area contributed by atoms with Crippen LogP contribution in [0.1, 0.15) is 26.5 Å². The van der Waals surface area contributed by atoms with Crippen molar-refractivity contribution in [1.29, 1.82) is 0 Å². The maximum Gasteiger partial charge on any atom is 0.176 e. The van der Waals surface area contributed by atoms with Gasteiger partial charge in [0.25, 0.3) is 0 Å². The molecule has 2 heterocycles. The largest absolute Gasteiger partial charge is 0.293 e. The Hall–Kier alpha value is -0.540. The van der Waals surface area contributed by atoms with E-state index in [1.807, 2.05) is 11.8 Å². The number of hydrogen-bond donors (Lipinski definition) is 0. The van der Waals surface area contributed by atoms with Gasteiger partial charge in [0.1, 0.15) is 0 Å². The fourth-order valence-corrected chi connectivity index (χ4v) is 3.84. The second kappa shape index (κ2) is 4.32. The van der Waals surface area contributed by atoms with Gasteiger partial charge in [-0.05, 0) is 23.8 Å². The quantitative estimate of drug-likeness (QED) is 0.579. The summed E-state index contributed by atoms with van der Waals surface area (Å²) in [7, 11) is 0. The second-order valence-corrected chi connectivity index (χ2v) is 5.52. The number of carbonyl (C=O) groups is 1. The molecule has 1 aliphatic heterocycles. The van der Waals surface area contributed by atoms with E-state index in [0.29, 0.717) is 6.42 Å². The van der Waals surface area contributed by atoms with Crippen LogP contribution in [-0.2, 0) is 12.2 Å². The molecule has 0 N–H and O–H groups in total. The molecule has 0 aliphatic carbocycles. The molecule has 0 saturated carbocycles. The molecule has 0 aromatic carbocycles. The van der Waals surface area contributed by atoms with Crippen LogP contribution < -0.4 is 0 Å². The molecule has 0 radical (unpaired) electrons. The number of aryl methyl sites for hydroxylation is 1. The normalized spacial score (nSPS) is 14.9. The first-order valence-corrected chi connectivity index (χ1v) is 6.62. The van der Waals surface area contributed by atoms with E-state index in [4.69, 9.17) is 0 Å². The Kier molecular flexibility index (Phi) is 3.08. The molecule has 1 nitrogen and oxygen atoms in total. The molecular weight excluding hydrogens is 212 g/mol. The molecule has 1 aromatic heterocycles. The van der Waals surface area contributed by atoms with Crippen molar-refractivity contribution in [1.82, 2.24) is 0 Å². The summed E-state index contributed by atoms with van der Waals surface area (Å²) in [4.78, 5) is 13.9. The minimum atomic E-state index is 0.212. The zero-order valence-corrected chi connectivity index (χ0v) is 9.55. The molecule has 74 valence electrons. The molecule has 1 aliphatic rings. The highest BCUT2D eigenvalue weighted by Crippen LogP contribution is 2.32. The van der Waals surface area contributed by atoms with Crippen molar-refractivity contribution in [2.24, 2.45) is 0 Å². The minimum Gasteiger partial charge on any atom is -0.293 e. The van der Waals surface area contributed by atoms with Gasteiger partial charge in [-0.15, -0.1) is 17.9 Å². The average Bonchev–Trinajstić information content (AvgIpc) is 2.61. The van der Waals surface area contributed by atoms with Gasteiger partial charge in [-0.1, -0.05) is 6.08 Å². The number of thiophene rings is 1. The van der Waals surface area contributed by atoms with E-state index < -0.39 is 0 Å². The Labute approximate surface area is 92.2 Å². The average molecular weight is 224 g/mol. The smallest absolute Gasteiger partial charge is 0.176 e. The monoisotopic (exact) mass is 224 g/mol.